The van der Waals surface area contributed by atoms with E-state index in [1.165, 1.54) is 12.7 Å². The first-order valence-electron chi connectivity index (χ1n) is 5.89. The van der Waals surface area contributed by atoms with Gasteiger partial charge in [-0.1, -0.05) is 0 Å². The van der Waals surface area contributed by atoms with Crippen molar-refractivity contribution in [3.05, 3.63) is 12.7 Å². The Balaban J connectivity index is 2.00. The lowest BCUT2D eigenvalue weighted by Gasteiger charge is -2.14. The molecule has 2 rings (SSSR count). The molecule has 0 radical (unpaired) electrons. The van der Waals surface area contributed by atoms with Crippen LogP contribution in [0.25, 0.3) is 11.2 Å². The van der Waals surface area contributed by atoms with Gasteiger partial charge in [-0.05, 0) is 6.92 Å². The Morgan fingerprint density at radius 3 is 3.11 bits per heavy atom. The van der Waals surface area contributed by atoms with E-state index in [4.69, 9.17) is 4.74 Å². The van der Waals surface area contributed by atoms with Crippen molar-refractivity contribution < 1.29 is 9.53 Å². The molecule has 0 aromatic carbocycles. The van der Waals surface area contributed by atoms with Crippen molar-refractivity contribution in [3.63, 3.8) is 0 Å². The van der Waals surface area contributed by atoms with E-state index in [2.05, 4.69) is 30.6 Å². The van der Waals surface area contributed by atoms with E-state index in [1.807, 2.05) is 0 Å². The molecule has 19 heavy (non-hydrogen) atoms. The lowest BCUT2D eigenvalue weighted by molar-refractivity contribution is -0.121. The van der Waals surface area contributed by atoms with Crippen molar-refractivity contribution in [2.75, 3.05) is 25.6 Å². The van der Waals surface area contributed by atoms with Crippen molar-refractivity contribution in [2.24, 2.45) is 0 Å². The second-order valence-electron chi connectivity index (χ2n) is 3.97. The lowest BCUT2D eigenvalue weighted by Crippen LogP contribution is -2.39. The molecule has 0 saturated heterocycles. The summed E-state index contributed by atoms with van der Waals surface area (Å²) in [7, 11) is 1.59. The van der Waals surface area contributed by atoms with Crippen molar-refractivity contribution in [2.45, 2.75) is 13.0 Å². The first kappa shape index (κ1) is 13.2. The largest absolute Gasteiger partial charge is 0.383 e. The van der Waals surface area contributed by atoms with Crippen LogP contribution in [0.3, 0.4) is 0 Å². The Morgan fingerprint density at radius 2 is 2.32 bits per heavy atom. The summed E-state index contributed by atoms with van der Waals surface area (Å²) < 4.78 is 4.87. The number of imidazole rings is 1. The van der Waals surface area contributed by atoms with E-state index in [1.54, 1.807) is 14.0 Å². The molecule has 8 heteroatoms. The SMILES string of the molecule is COCCNC(=O)C(C)Nc1ncnc2nc[nH]c12. The number of aromatic nitrogens is 4. The summed E-state index contributed by atoms with van der Waals surface area (Å²) in [6.45, 7) is 2.72. The molecule has 0 aliphatic carbocycles. The molecule has 102 valence electrons. The van der Waals surface area contributed by atoms with Gasteiger partial charge in [-0.15, -0.1) is 0 Å². The number of methoxy groups -OCH3 is 1. The third kappa shape index (κ3) is 3.16. The van der Waals surface area contributed by atoms with E-state index >= 15 is 0 Å². The van der Waals surface area contributed by atoms with Crippen molar-refractivity contribution in [1.29, 1.82) is 0 Å². The predicted molar refractivity (Wildman–Crippen MR) is 69.7 cm³/mol. The summed E-state index contributed by atoms with van der Waals surface area (Å²) in [6.07, 6.45) is 2.94. The fraction of sp³-hybridized carbons (Fsp3) is 0.455. The number of ether oxygens (including phenoxy) is 1. The molecule has 0 saturated carbocycles. The molecule has 0 fully saturated rings. The number of amides is 1. The van der Waals surface area contributed by atoms with Gasteiger partial charge in [-0.25, -0.2) is 15.0 Å². The van der Waals surface area contributed by atoms with Crippen LogP contribution in [0.1, 0.15) is 6.92 Å². The summed E-state index contributed by atoms with van der Waals surface area (Å²) in [5.41, 5.74) is 1.24. The van der Waals surface area contributed by atoms with Gasteiger partial charge in [0, 0.05) is 13.7 Å². The molecule has 2 aromatic heterocycles. The summed E-state index contributed by atoms with van der Waals surface area (Å²) in [5, 5.41) is 5.77. The standard InChI is InChI=1S/C11H16N6O2/c1-7(11(18)12-3-4-19-2)17-10-8-9(14-5-13-8)15-6-16-10/h5-7H,3-4H2,1-2H3,(H,12,18)(H2,13,14,15,16,17). The van der Waals surface area contributed by atoms with Gasteiger partial charge in [0.1, 0.15) is 17.9 Å². The molecule has 1 atom stereocenters. The number of nitrogens with zero attached hydrogens (tertiary/aromatic N) is 3. The number of nitrogens with one attached hydrogen (secondary N) is 3. The van der Waals surface area contributed by atoms with Crippen LogP contribution >= 0.6 is 0 Å². The number of aromatic amines is 1. The zero-order chi connectivity index (χ0) is 13.7. The Hall–Kier alpha value is -2.22. The van der Waals surface area contributed by atoms with Crippen LogP contribution in [0, 0.1) is 0 Å². The van der Waals surface area contributed by atoms with Crippen molar-refractivity contribution in [3.8, 4) is 0 Å². The van der Waals surface area contributed by atoms with Gasteiger partial charge in [0.05, 0.1) is 12.9 Å². The van der Waals surface area contributed by atoms with Gasteiger partial charge < -0.3 is 20.4 Å². The Morgan fingerprint density at radius 1 is 1.47 bits per heavy atom. The maximum absolute atomic E-state index is 11.8. The molecule has 2 aromatic rings. The number of fused-ring (bicyclic) bond motifs is 1. The summed E-state index contributed by atoms with van der Waals surface area (Å²) in [6, 6.07) is -0.418. The minimum absolute atomic E-state index is 0.122. The Kier molecular flexibility index (Phi) is 4.24. The Bertz CT molecular complexity index is 555. The predicted octanol–water partition coefficient (Wildman–Crippen LogP) is -0.0841. The van der Waals surface area contributed by atoms with Crippen LogP contribution in [0.5, 0.6) is 0 Å². The van der Waals surface area contributed by atoms with Crippen LogP contribution in [0.2, 0.25) is 0 Å². The first-order valence-corrected chi connectivity index (χ1v) is 5.89. The number of hydrogen-bond donors (Lipinski definition) is 3. The quantitative estimate of drug-likeness (QED) is 0.630. The van der Waals surface area contributed by atoms with E-state index in [0.717, 1.165) is 0 Å². The molecule has 1 unspecified atom stereocenters. The van der Waals surface area contributed by atoms with Crippen molar-refractivity contribution >= 4 is 22.9 Å². The maximum atomic E-state index is 11.8. The van der Waals surface area contributed by atoms with E-state index in [-0.39, 0.29) is 5.91 Å². The van der Waals surface area contributed by atoms with E-state index < -0.39 is 6.04 Å². The summed E-state index contributed by atoms with van der Waals surface area (Å²) in [4.78, 5) is 26.9. The van der Waals surface area contributed by atoms with Gasteiger partial charge >= 0.3 is 0 Å². The summed E-state index contributed by atoms with van der Waals surface area (Å²) in [5.74, 6) is 0.431. The van der Waals surface area contributed by atoms with Gasteiger partial charge in [0.15, 0.2) is 11.5 Å². The molecule has 1 amide bonds. The van der Waals surface area contributed by atoms with Gasteiger partial charge in [-0.3, -0.25) is 4.79 Å². The van der Waals surface area contributed by atoms with Crippen LogP contribution < -0.4 is 10.6 Å². The second-order valence-corrected chi connectivity index (χ2v) is 3.97. The first-order chi connectivity index (χ1) is 9.22. The highest BCUT2D eigenvalue weighted by Crippen LogP contribution is 2.15. The van der Waals surface area contributed by atoms with Crippen molar-refractivity contribution in [1.82, 2.24) is 25.3 Å². The zero-order valence-electron chi connectivity index (χ0n) is 10.8. The molecule has 0 aliphatic heterocycles. The molecule has 0 bridgehead atoms. The number of anilines is 1. The highest BCUT2D eigenvalue weighted by atomic mass is 16.5. The third-order valence-corrected chi connectivity index (χ3v) is 2.57. The van der Waals surface area contributed by atoms with Gasteiger partial charge in [0.25, 0.3) is 0 Å². The van der Waals surface area contributed by atoms with Crippen LogP contribution in [0.15, 0.2) is 12.7 Å². The van der Waals surface area contributed by atoms with E-state index in [0.29, 0.717) is 30.1 Å². The topological polar surface area (TPSA) is 105 Å². The number of carbonyl (C=O) groups is 1. The lowest BCUT2D eigenvalue weighted by atomic mass is 10.3. The maximum Gasteiger partial charge on any atom is 0.242 e. The highest BCUT2D eigenvalue weighted by molar-refractivity contribution is 5.88. The molecule has 8 nitrogen and oxygen atoms in total. The van der Waals surface area contributed by atoms with Gasteiger partial charge in [-0.2, -0.15) is 0 Å². The fourth-order valence-electron chi connectivity index (χ4n) is 1.57. The van der Waals surface area contributed by atoms with Crippen LogP contribution in [-0.4, -0.2) is 52.1 Å². The van der Waals surface area contributed by atoms with Crippen LogP contribution in [0.4, 0.5) is 5.82 Å². The number of rotatable bonds is 6. The minimum atomic E-state index is -0.418. The molecular formula is C11H16N6O2. The number of H-pyrrole nitrogens is 1. The van der Waals surface area contributed by atoms with Gasteiger partial charge in [0.2, 0.25) is 5.91 Å². The zero-order valence-corrected chi connectivity index (χ0v) is 10.8. The average molecular weight is 264 g/mol. The van der Waals surface area contributed by atoms with E-state index in [9.17, 15) is 4.79 Å². The van der Waals surface area contributed by atoms with Crippen LogP contribution in [-0.2, 0) is 9.53 Å². The minimum Gasteiger partial charge on any atom is -0.383 e. The molecule has 3 N–H and O–H groups in total. The Labute approximate surface area is 110 Å². The summed E-state index contributed by atoms with van der Waals surface area (Å²) >= 11 is 0. The average Bonchev–Trinajstić information content (AvgIpc) is 2.88. The molecule has 2 heterocycles. The normalized spacial score (nSPS) is 12.3. The molecule has 0 aliphatic rings. The molecule has 0 spiro atoms. The fourth-order valence-corrected chi connectivity index (χ4v) is 1.57. The smallest absolute Gasteiger partial charge is 0.242 e. The molecular weight excluding hydrogens is 248 g/mol. The number of carbonyl (C=O) groups excluding carboxylic acids is 1. The number of hydrogen-bond acceptors (Lipinski definition) is 6. The second kappa shape index (κ2) is 6.10. The third-order valence-electron chi connectivity index (χ3n) is 2.57. The monoisotopic (exact) mass is 264 g/mol. The highest BCUT2D eigenvalue weighted by Gasteiger charge is 2.14.